The van der Waals surface area contributed by atoms with E-state index >= 15 is 0 Å². The van der Waals surface area contributed by atoms with Gasteiger partial charge in [-0.25, -0.2) is 4.98 Å². The van der Waals surface area contributed by atoms with E-state index in [1.807, 2.05) is 29.4 Å². The molecule has 4 rings (SSSR count). The monoisotopic (exact) mass is 371 g/mol. The van der Waals surface area contributed by atoms with Gasteiger partial charge in [-0.3, -0.25) is 4.79 Å². The van der Waals surface area contributed by atoms with Crippen LogP contribution in [0.4, 0.5) is 11.5 Å². The molecule has 0 radical (unpaired) electrons. The van der Waals surface area contributed by atoms with Crippen molar-refractivity contribution >= 4 is 36.4 Å². The maximum Gasteiger partial charge on any atom is 0.294 e. The summed E-state index contributed by atoms with van der Waals surface area (Å²) in [6, 6.07) is 4.25. The molecule has 1 aliphatic heterocycles. The van der Waals surface area contributed by atoms with E-state index in [9.17, 15) is 4.79 Å². The molecule has 2 aromatic rings. The van der Waals surface area contributed by atoms with Gasteiger partial charge in [0.25, 0.3) is 5.56 Å². The topological polar surface area (TPSA) is 47.4 Å². The highest BCUT2D eigenvalue weighted by Gasteiger charge is 2.34. The van der Waals surface area contributed by atoms with E-state index < -0.39 is 0 Å². The van der Waals surface area contributed by atoms with Crippen LogP contribution in [0.3, 0.4) is 0 Å². The Kier molecular flexibility index (Phi) is 4.47. The first-order valence-corrected chi connectivity index (χ1v) is 9.65. The lowest BCUT2D eigenvalue weighted by Crippen LogP contribution is -2.33. The molecule has 1 saturated carbocycles. The number of nitrogens with zero attached hydrogens (tertiary/aromatic N) is 3. The van der Waals surface area contributed by atoms with Crippen molar-refractivity contribution in [3.8, 4) is 5.75 Å². The van der Waals surface area contributed by atoms with Crippen LogP contribution in [0.1, 0.15) is 37.8 Å². The Morgan fingerprint density at radius 3 is 2.85 bits per heavy atom. The summed E-state index contributed by atoms with van der Waals surface area (Å²) in [5.74, 6) is 1.86. The summed E-state index contributed by atoms with van der Waals surface area (Å²) in [6.45, 7) is 2.86. The summed E-state index contributed by atoms with van der Waals surface area (Å²) < 4.78 is 7.20. The van der Waals surface area contributed by atoms with E-state index in [1.165, 1.54) is 18.4 Å². The minimum absolute atomic E-state index is 0.0452. The highest BCUT2D eigenvalue weighted by molar-refractivity contribution is 6.36. The molecule has 2 aliphatic rings. The third-order valence-electron chi connectivity index (χ3n) is 5.54. The van der Waals surface area contributed by atoms with E-state index in [0.29, 0.717) is 16.9 Å². The van der Waals surface area contributed by atoms with Gasteiger partial charge in [0, 0.05) is 24.5 Å². The number of anilines is 2. The van der Waals surface area contributed by atoms with E-state index in [2.05, 4.69) is 11.9 Å². The van der Waals surface area contributed by atoms with Crippen molar-refractivity contribution in [2.45, 2.75) is 38.6 Å². The third kappa shape index (κ3) is 2.90. The Morgan fingerprint density at radius 2 is 2.19 bits per heavy atom. The predicted octanol–water partition coefficient (Wildman–Crippen LogP) is 2.22. The highest BCUT2D eigenvalue weighted by Crippen LogP contribution is 2.41. The summed E-state index contributed by atoms with van der Waals surface area (Å²) in [7, 11) is 3.72. The second-order valence-electron chi connectivity index (χ2n) is 7.27. The van der Waals surface area contributed by atoms with Gasteiger partial charge in [-0.15, -0.1) is 0 Å². The zero-order valence-electron chi connectivity index (χ0n) is 15.5. The standard InChI is InChI=1S/C19H23BClN3O2/c1-3-15(11-4-5-11)24-10-16(21)22-18(19(24)25)23-7-6-12-8-13(26-2)9-14(20)17(12)23/h8-11,15H,3-7,20H2,1-2H3/t15-/m0/s1. The number of aromatic nitrogens is 2. The van der Waals surface area contributed by atoms with Crippen molar-refractivity contribution in [2.75, 3.05) is 18.6 Å². The Balaban J connectivity index is 1.81. The average molecular weight is 372 g/mol. The Bertz CT molecular complexity index is 910. The number of benzene rings is 1. The molecular formula is C19H23BClN3O2. The average Bonchev–Trinajstić information content (AvgIpc) is 3.36. The van der Waals surface area contributed by atoms with Crippen molar-refractivity contribution < 1.29 is 4.74 Å². The van der Waals surface area contributed by atoms with Crippen LogP contribution in [-0.2, 0) is 6.42 Å². The predicted molar refractivity (Wildman–Crippen MR) is 107 cm³/mol. The van der Waals surface area contributed by atoms with Gasteiger partial charge in [0.1, 0.15) is 18.7 Å². The lowest BCUT2D eigenvalue weighted by atomic mass is 9.91. The van der Waals surface area contributed by atoms with E-state index in [0.717, 1.165) is 36.3 Å². The minimum atomic E-state index is -0.0452. The van der Waals surface area contributed by atoms with Crippen LogP contribution in [0.2, 0.25) is 5.15 Å². The molecule has 1 aromatic carbocycles. The lowest BCUT2D eigenvalue weighted by Gasteiger charge is -2.24. The SMILES string of the molecule is Bc1cc(OC)cc2c1N(c1nc(Cl)cn([C@@H](CC)C3CC3)c1=O)CC2. The number of hydrogen-bond acceptors (Lipinski definition) is 4. The van der Waals surface area contributed by atoms with Crippen molar-refractivity contribution in [2.24, 2.45) is 5.92 Å². The fraction of sp³-hybridized carbons (Fsp3) is 0.474. The summed E-state index contributed by atoms with van der Waals surface area (Å²) in [5.41, 5.74) is 3.28. The van der Waals surface area contributed by atoms with Crippen LogP contribution in [0.15, 0.2) is 23.1 Å². The summed E-state index contributed by atoms with van der Waals surface area (Å²) in [6.07, 6.45) is 5.87. The van der Waals surface area contributed by atoms with Crippen LogP contribution < -0.4 is 20.7 Å². The number of methoxy groups -OCH3 is 1. The molecule has 26 heavy (non-hydrogen) atoms. The van der Waals surface area contributed by atoms with Gasteiger partial charge < -0.3 is 14.2 Å². The van der Waals surface area contributed by atoms with Gasteiger partial charge in [-0.1, -0.05) is 24.0 Å². The number of hydrogen-bond donors (Lipinski definition) is 0. The van der Waals surface area contributed by atoms with Crippen LogP contribution in [0.5, 0.6) is 5.75 Å². The lowest BCUT2D eigenvalue weighted by molar-refractivity contribution is 0.415. The molecule has 0 saturated heterocycles. The van der Waals surface area contributed by atoms with Crippen molar-refractivity contribution in [3.05, 3.63) is 39.4 Å². The zero-order chi connectivity index (χ0) is 18.4. The summed E-state index contributed by atoms with van der Waals surface area (Å²) in [5, 5.41) is 0.373. The molecule has 1 aliphatic carbocycles. The van der Waals surface area contributed by atoms with Crippen LogP contribution in [0.25, 0.3) is 0 Å². The molecule has 0 bridgehead atoms. The third-order valence-corrected chi connectivity index (χ3v) is 5.73. The molecule has 1 fully saturated rings. The van der Waals surface area contributed by atoms with Crippen LogP contribution in [-0.4, -0.2) is 31.1 Å². The molecule has 0 amide bonds. The quantitative estimate of drug-likeness (QED) is 0.756. The fourth-order valence-corrected chi connectivity index (χ4v) is 4.38. The largest absolute Gasteiger partial charge is 0.497 e. The van der Waals surface area contributed by atoms with Crippen molar-refractivity contribution in [1.82, 2.24) is 9.55 Å². The van der Waals surface area contributed by atoms with Gasteiger partial charge >= 0.3 is 0 Å². The van der Waals surface area contributed by atoms with E-state index in [1.54, 1.807) is 13.3 Å². The fourth-order valence-electron chi connectivity index (χ4n) is 4.19. The van der Waals surface area contributed by atoms with E-state index in [4.69, 9.17) is 16.3 Å². The number of ether oxygens (including phenoxy) is 1. The first kappa shape index (κ1) is 17.5. The Labute approximate surface area is 159 Å². The smallest absolute Gasteiger partial charge is 0.294 e. The second-order valence-corrected chi connectivity index (χ2v) is 7.65. The van der Waals surface area contributed by atoms with Gasteiger partial charge in [0.15, 0.2) is 0 Å². The minimum Gasteiger partial charge on any atom is -0.497 e. The molecule has 7 heteroatoms. The summed E-state index contributed by atoms with van der Waals surface area (Å²) >= 11 is 6.32. The van der Waals surface area contributed by atoms with Crippen molar-refractivity contribution in [3.63, 3.8) is 0 Å². The van der Waals surface area contributed by atoms with E-state index in [-0.39, 0.29) is 11.6 Å². The molecule has 5 nitrogen and oxygen atoms in total. The molecule has 0 N–H and O–H groups in total. The molecule has 2 heterocycles. The van der Waals surface area contributed by atoms with Crippen LogP contribution in [0, 0.1) is 5.92 Å². The van der Waals surface area contributed by atoms with Crippen molar-refractivity contribution in [1.29, 1.82) is 0 Å². The maximum atomic E-state index is 13.3. The zero-order valence-corrected chi connectivity index (χ0v) is 16.2. The first-order chi connectivity index (χ1) is 12.5. The maximum absolute atomic E-state index is 13.3. The second kappa shape index (κ2) is 6.65. The number of fused-ring (bicyclic) bond motifs is 1. The van der Waals surface area contributed by atoms with Gasteiger partial charge in [0.05, 0.1) is 7.11 Å². The number of rotatable bonds is 5. The van der Waals surface area contributed by atoms with Gasteiger partial charge in [-0.2, -0.15) is 0 Å². The molecule has 136 valence electrons. The molecule has 0 unspecified atom stereocenters. The van der Waals surface area contributed by atoms with Gasteiger partial charge in [-0.05, 0) is 49.3 Å². The molecule has 0 spiro atoms. The molecule has 1 atom stereocenters. The normalized spacial score (nSPS) is 17.3. The first-order valence-electron chi connectivity index (χ1n) is 9.27. The summed E-state index contributed by atoms with van der Waals surface area (Å²) in [4.78, 5) is 19.7. The Morgan fingerprint density at radius 1 is 1.42 bits per heavy atom. The Hall–Kier alpha value is -1.95. The highest BCUT2D eigenvalue weighted by atomic mass is 35.5. The number of halogens is 1. The molecular weight excluding hydrogens is 348 g/mol. The van der Waals surface area contributed by atoms with Crippen LogP contribution >= 0.6 is 11.6 Å². The molecule has 1 aromatic heterocycles. The van der Waals surface area contributed by atoms with Gasteiger partial charge in [0.2, 0.25) is 5.82 Å².